The maximum Gasteiger partial charge on any atom is 0.214 e. The largest absolute Gasteiger partial charge is 0.330 e. The fraction of sp³-hybridized carbons (Fsp3) is 0.625. The van der Waals surface area contributed by atoms with Gasteiger partial charge in [-0.1, -0.05) is 44.2 Å². The van der Waals surface area contributed by atoms with Crippen LogP contribution < -0.4 is 5.73 Å². The standard InChI is InChI=1S/C16H26N2O2S/c1-13(2)8-9-21(19,20)18-11-15(10-17)16(12-18)14-6-4-3-5-7-14/h3-7,13,15-16H,8-12,17H2,1-2H3/t15-,16+/m1/s1. The van der Waals surface area contributed by atoms with Gasteiger partial charge in [-0.05, 0) is 30.4 Å². The zero-order valence-electron chi connectivity index (χ0n) is 12.9. The number of benzene rings is 1. The van der Waals surface area contributed by atoms with E-state index in [1.54, 1.807) is 4.31 Å². The maximum atomic E-state index is 12.5. The zero-order valence-corrected chi connectivity index (χ0v) is 13.7. The fourth-order valence-corrected chi connectivity index (χ4v) is 4.72. The van der Waals surface area contributed by atoms with Crippen LogP contribution in [-0.2, 0) is 10.0 Å². The molecule has 0 aromatic heterocycles. The summed E-state index contributed by atoms with van der Waals surface area (Å²) in [6, 6.07) is 10.1. The molecule has 118 valence electrons. The number of sulfonamides is 1. The van der Waals surface area contributed by atoms with E-state index in [0.717, 1.165) is 0 Å². The molecule has 2 atom stereocenters. The van der Waals surface area contributed by atoms with Crippen molar-refractivity contribution in [2.75, 3.05) is 25.4 Å². The molecule has 1 aromatic carbocycles. The minimum Gasteiger partial charge on any atom is -0.330 e. The SMILES string of the molecule is CC(C)CCS(=O)(=O)N1C[C@@H](CN)[C@H](c2ccccc2)C1. The third-order valence-electron chi connectivity index (χ3n) is 4.28. The van der Waals surface area contributed by atoms with Crippen molar-refractivity contribution in [2.24, 2.45) is 17.6 Å². The van der Waals surface area contributed by atoms with Crippen LogP contribution in [0.2, 0.25) is 0 Å². The lowest BCUT2D eigenvalue weighted by Gasteiger charge is -2.17. The van der Waals surface area contributed by atoms with Gasteiger partial charge in [-0.2, -0.15) is 0 Å². The Balaban J connectivity index is 2.11. The van der Waals surface area contributed by atoms with E-state index in [1.807, 2.05) is 18.2 Å². The third kappa shape index (κ3) is 4.05. The molecule has 2 N–H and O–H groups in total. The molecule has 1 fully saturated rings. The molecule has 1 aromatic rings. The Bertz CT molecular complexity index is 543. The highest BCUT2D eigenvalue weighted by atomic mass is 32.2. The maximum absolute atomic E-state index is 12.5. The van der Waals surface area contributed by atoms with E-state index in [9.17, 15) is 8.42 Å². The van der Waals surface area contributed by atoms with Gasteiger partial charge < -0.3 is 5.73 Å². The Morgan fingerprint density at radius 1 is 1.24 bits per heavy atom. The van der Waals surface area contributed by atoms with Gasteiger partial charge >= 0.3 is 0 Å². The second-order valence-corrected chi connectivity index (χ2v) is 8.42. The van der Waals surface area contributed by atoms with Crippen molar-refractivity contribution in [2.45, 2.75) is 26.2 Å². The van der Waals surface area contributed by atoms with Crippen LogP contribution in [0.15, 0.2) is 30.3 Å². The first-order valence-electron chi connectivity index (χ1n) is 7.67. The quantitative estimate of drug-likeness (QED) is 0.874. The van der Waals surface area contributed by atoms with Crippen molar-refractivity contribution in [1.29, 1.82) is 0 Å². The summed E-state index contributed by atoms with van der Waals surface area (Å²) >= 11 is 0. The minimum atomic E-state index is -3.16. The van der Waals surface area contributed by atoms with Crippen molar-refractivity contribution in [3.8, 4) is 0 Å². The molecular weight excluding hydrogens is 284 g/mol. The summed E-state index contributed by atoms with van der Waals surface area (Å²) in [5.41, 5.74) is 7.06. The van der Waals surface area contributed by atoms with E-state index >= 15 is 0 Å². The van der Waals surface area contributed by atoms with Crippen LogP contribution >= 0.6 is 0 Å². The monoisotopic (exact) mass is 310 g/mol. The lowest BCUT2D eigenvalue weighted by Crippen LogP contribution is -2.32. The smallest absolute Gasteiger partial charge is 0.214 e. The summed E-state index contributed by atoms with van der Waals surface area (Å²) in [4.78, 5) is 0. The molecule has 1 heterocycles. The Kier molecular flexibility index (Phi) is 5.41. The average Bonchev–Trinajstić information content (AvgIpc) is 2.91. The van der Waals surface area contributed by atoms with Gasteiger partial charge in [0.25, 0.3) is 0 Å². The number of hydrogen-bond donors (Lipinski definition) is 1. The van der Waals surface area contributed by atoms with Gasteiger partial charge in [0.1, 0.15) is 0 Å². The lowest BCUT2D eigenvalue weighted by atomic mass is 9.89. The molecule has 0 saturated carbocycles. The molecule has 0 aliphatic carbocycles. The zero-order chi connectivity index (χ0) is 15.5. The number of rotatable bonds is 6. The van der Waals surface area contributed by atoms with Gasteiger partial charge in [0.2, 0.25) is 10.0 Å². The van der Waals surface area contributed by atoms with Gasteiger partial charge in [-0.15, -0.1) is 0 Å². The highest BCUT2D eigenvalue weighted by Gasteiger charge is 2.38. The highest BCUT2D eigenvalue weighted by molar-refractivity contribution is 7.89. The normalized spacial score (nSPS) is 23.8. The van der Waals surface area contributed by atoms with Gasteiger partial charge in [0.15, 0.2) is 0 Å². The van der Waals surface area contributed by atoms with Crippen molar-refractivity contribution in [3.63, 3.8) is 0 Å². The Labute approximate surface area is 128 Å². The summed E-state index contributed by atoms with van der Waals surface area (Å²) in [5.74, 6) is 1.06. The van der Waals surface area contributed by atoms with Crippen molar-refractivity contribution in [3.05, 3.63) is 35.9 Å². The Hall–Kier alpha value is -0.910. The van der Waals surface area contributed by atoms with Crippen LogP contribution in [0.25, 0.3) is 0 Å². The van der Waals surface area contributed by atoms with Crippen LogP contribution in [0.5, 0.6) is 0 Å². The molecule has 0 bridgehead atoms. The number of nitrogens with zero attached hydrogens (tertiary/aromatic N) is 1. The Morgan fingerprint density at radius 2 is 1.90 bits per heavy atom. The predicted molar refractivity (Wildman–Crippen MR) is 86.5 cm³/mol. The van der Waals surface area contributed by atoms with Crippen molar-refractivity contribution < 1.29 is 8.42 Å². The third-order valence-corrected chi connectivity index (χ3v) is 6.12. The lowest BCUT2D eigenvalue weighted by molar-refractivity contribution is 0.454. The van der Waals surface area contributed by atoms with Gasteiger partial charge in [0.05, 0.1) is 5.75 Å². The molecule has 4 nitrogen and oxygen atoms in total. The summed E-state index contributed by atoms with van der Waals surface area (Å²) in [5, 5.41) is 0. The number of nitrogens with two attached hydrogens (primary N) is 1. The van der Waals surface area contributed by atoms with Gasteiger partial charge in [0, 0.05) is 19.0 Å². The molecule has 0 unspecified atom stereocenters. The molecule has 0 amide bonds. The van der Waals surface area contributed by atoms with Gasteiger partial charge in [-0.3, -0.25) is 0 Å². The first-order chi connectivity index (χ1) is 9.94. The van der Waals surface area contributed by atoms with Crippen LogP contribution in [0.1, 0.15) is 31.7 Å². The van der Waals surface area contributed by atoms with Crippen LogP contribution in [-0.4, -0.2) is 38.1 Å². The first-order valence-corrected chi connectivity index (χ1v) is 9.27. The molecule has 2 rings (SSSR count). The molecule has 5 heteroatoms. The predicted octanol–water partition coefficient (Wildman–Crippen LogP) is 2.04. The molecule has 21 heavy (non-hydrogen) atoms. The minimum absolute atomic E-state index is 0.209. The average molecular weight is 310 g/mol. The fourth-order valence-electron chi connectivity index (χ4n) is 2.89. The topological polar surface area (TPSA) is 63.4 Å². The van der Waals surface area contributed by atoms with E-state index in [-0.39, 0.29) is 17.6 Å². The van der Waals surface area contributed by atoms with Crippen molar-refractivity contribution in [1.82, 2.24) is 4.31 Å². The molecule has 0 spiro atoms. The summed E-state index contributed by atoms with van der Waals surface area (Å²) < 4.78 is 26.6. The van der Waals surface area contributed by atoms with Crippen LogP contribution in [0.3, 0.4) is 0 Å². The second kappa shape index (κ2) is 6.90. The Morgan fingerprint density at radius 3 is 2.48 bits per heavy atom. The van der Waals surface area contributed by atoms with E-state index in [2.05, 4.69) is 26.0 Å². The first kappa shape index (κ1) is 16.5. The molecule has 1 aliphatic rings. The van der Waals surface area contributed by atoms with Gasteiger partial charge in [-0.25, -0.2) is 12.7 Å². The summed E-state index contributed by atoms with van der Waals surface area (Å²) in [6.45, 7) is 5.74. The molecule has 1 saturated heterocycles. The van der Waals surface area contributed by atoms with Crippen LogP contribution in [0, 0.1) is 11.8 Å². The summed E-state index contributed by atoms with van der Waals surface area (Å²) in [6.07, 6.45) is 0.710. The van der Waals surface area contributed by atoms with Crippen LogP contribution in [0.4, 0.5) is 0 Å². The van der Waals surface area contributed by atoms with E-state index < -0.39 is 10.0 Å². The summed E-state index contributed by atoms with van der Waals surface area (Å²) in [7, 11) is -3.16. The van der Waals surface area contributed by atoms with E-state index in [4.69, 9.17) is 5.73 Å². The molecule has 0 radical (unpaired) electrons. The second-order valence-electron chi connectivity index (χ2n) is 6.33. The number of hydrogen-bond acceptors (Lipinski definition) is 3. The van der Waals surface area contributed by atoms with E-state index in [1.165, 1.54) is 5.56 Å². The highest BCUT2D eigenvalue weighted by Crippen LogP contribution is 2.33. The molecular formula is C16H26N2O2S. The van der Waals surface area contributed by atoms with Crippen molar-refractivity contribution >= 4 is 10.0 Å². The van der Waals surface area contributed by atoms with E-state index in [0.29, 0.717) is 32.0 Å². The molecule has 1 aliphatic heterocycles.